The van der Waals surface area contributed by atoms with Gasteiger partial charge in [0.05, 0.1) is 103 Å². The van der Waals surface area contributed by atoms with Crippen molar-refractivity contribution in [1.29, 1.82) is 0 Å². The number of halogens is 1. The zero-order chi connectivity index (χ0) is 78.8. The lowest BCUT2D eigenvalue weighted by Gasteiger charge is -2.49. The molecule has 4 aliphatic heterocycles. The van der Waals surface area contributed by atoms with E-state index >= 15 is 0 Å². The number of likely N-dealkylation sites (N-methyl/N-ethyl adjacent to an activating group) is 1. The molecule has 106 heavy (non-hydrogen) atoms. The van der Waals surface area contributed by atoms with Gasteiger partial charge in [0.15, 0.2) is 41.9 Å². The van der Waals surface area contributed by atoms with Crippen LogP contribution in [0.25, 0.3) is 0 Å². The van der Waals surface area contributed by atoms with E-state index in [-0.39, 0.29) is 60.5 Å². The summed E-state index contributed by atoms with van der Waals surface area (Å²) in [6.45, 7) is 18.4. The van der Waals surface area contributed by atoms with Gasteiger partial charge in [-0.05, 0) is 93.3 Å². The van der Waals surface area contributed by atoms with Crippen LogP contribution in [0.2, 0.25) is 0 Å². The average Bonchev–Trinajstić information content (AvgIpc) is 0.748. The molecule has 12 N–H and O–H groups in total. The van der Waals surface area contributed by atoms with Gasteiger partial charge in [-0.25, -0.2) is 4.79 Å². The number of carbonyl (C=O) groups excluding carboxylic acids is 7. The summed E-state index contributed by atoms with van der Waals surface area (Å²) in [7, 11) is 9.68. The highest BCUT2D eigenvalue weighted by molar-refractivity contribution is 14.1. The van der Waals surface area contributed by atoms with Crippen molar-refractivity contribution in [2.75, 3.05) is 61.0 Å². The van der Waals surface area contributed by atoms with Gasteiger partial charge in [0.2, 0.25) is 34.9 Å². The minimum Gasteiger partial charge on any atom is -0.492 e. The number of nitrogens with one attached hydrogen (secondary N) is 3. The largest absolute Gasteiger partial charge is 0.492 e. The molecule has 594 valence electrons. The molecule has 4 saturated heterocycles. The van der Waals surface area contributed by atoms with Gasteiger partial charge in [0, 0.05) is 75.7 Å². The number of allylic oxidation sites excluding steroid dienone is 2. The van der Waals surface area contributed by atoms with Crippen LogP contribution in [0.5, 0.6) is 17.2 Å². The summed E-state index contributed by atoms with van der Waals surface area (Å²) >= 11 is 2.77. The molecule has 1 aliphatic carbocycles. The fraction of sp³-hybridized carbons (Fsp3) is 0.704. The third-order valence-corrected chi connectivity index (χ3v) is 24.4. The van der Waals surface area contributed by atoms with E-state index in [1.165, 1.54) is 63.2 Å². The number of carbonyl (C=O) groups is 7. The predicted octanol–water partition coefficient (Wildman–Crippen LogP) is 2.87. The Morgan fingerprint density at radius 1 is 0.849 bits per heavy atom. The first-order valence-corrected chi connectivity index (χ1v) is 39.2. The quantitative estimate of drug-likeness (QED) is 0.0124. The third kappa shape index (κ3) is 22.6. The topological polar surface area (TPSA) is 432 Å². The number of nitrogens with two attached hydrogens (primary N) is 2. The van der Waals surface area contributed by atoms with Crippen LogP contribution in [0.15, 0.2) is 23.8 Å². The number of aliphatic hydroxyl groups is 5. The minimum absolute atomic E-state index is 0.000159. The molecule has 4 amide bonds. The second-order valence-corrected chi connectivity index (χ2v) is 32.1. The zero-order valence-corrected chi connectivity index (χ0v) is 67.2. The zero-order valence-electron chi connectivity index (χ0n) is 62.6. The van der Waals surface area contributed by atoms with Crippen molar-refractivity contribution >= 4 is 96.4 Å². The molecular formula is C71H105IN6O25S3. The first-order chi connectivity index (χ1) is 50.2. The summed E-state index contributed by atoms with van der Waals surface area (Å²) in [6.07, 6.45) is -16.3. The number of aliphatic hydroxyl groups excluding tert-OH is 4. The number of benzene rings is 1. The second-order valence-electron chi connectivity index (χ2n) is 26.8. The number of hydrogen-bond donors (Lipinski definition) is 10. The summed E-state index contributed by atoms with van der Waals surface area (Å²) in [6, 6.07) is -4.62. The molecule has 31 nitrogen and oxygen atoms in total. The van der Waals surface area contributed by atoms with Crippen LogP contribution in [-0.2, 0) is 71.4 Å². The monoisotopic (exact) mass is 1660 g/mol. The van der Waals surface area contributed by atoms with Crippen molar-refractivity contribution in [2.24, 2.45) is 29.2 Å². The summed E-state index contributed by atoms with van der Waals surface area (Å²) in [5.74, 6) is 6.25. The Hall–Kier alpha value is -4.95. The van der Waals surface area contributed by atoms with Gasteiger partial charge < -0.3 is 109 Å². The highest BCUT2D eigenvalue weighted by Gasteiger charge is 2.56. The molecule has 19 unspecified atom stereocenters. The number of thioether (sulfide) groups is 1. The maximum absolute atomic E-state index is 14.6. The van der Waals surface area contributed by atoms with Gasteiger partial charge >= 0.3 is 6.09 Å². The fourth-order valence-electron chi connectivity index (χ4n) is 13.1. The Kier molecular flexibility index (Phi) is 35.6. The summed E-state index contributed by atoms with van der Waals surface area (Å²) in [5, 5.41) is 63.5. The van der Waals surface area contributed by atoms with E-state index in [0.717, 1.165) is 18.9 Å². The van der Waals surface area contributed by atoms with E-state index in [1.807, 2.05) is 36.4 Å². The number of hydrogen-bond acceptors (Lipinski definition) is 30. The average molecular weight is 1670 g/mol. The molecule has 6 rings (SSSR count). The van der Waals surface area contributed by atoms with E-state index < -0.39 is 205 Å². The van der Waals surface area contributed by atoms with Gasteiger partial charge in [-0.3, -0.25) is 33.6 Å². The number of ether oxygens (including phenoxy) is 12. The molecular weight excluding hydrogens is 1560 g/mol. The highest BCUT2D eigenvalue weighted by atomic mass is 127. The Morgan fingerprint density at radius 3 is 2.13 bits per heavy atom. The molecule has 23 atom stereocenters. The van der Waals surface area contributed by atoms with Gasteiger partial charge in [-0.15, -0.1) is 5.92 Å². The molecule has 4 heterocycles. The third-order valence-electron chi connectivity index (χ3n) is 19.0. The number of amides is 4. The smallest absolute Gasteiger partial charge is 0.407 e. The summed E-state index contributed by atoms with van der Waals surface area (Å²) in [4.78, 5) is 101. The van der Waals surface area contributed by atoms with E-state index in [4.69, 9.17) is 73.1 Å². The second kappa shape index (κ2) is 41.9. The highest BCUT2D eigenvalue weighted by Crippen LogP contribution is 2.50. The van der Waals surface area contributed by atoms with E-state index in [2.05, 4.69) is 39.8 Å². The van der Waals surface area contributed by atoms with Crippen LogP contribution in [0.3, 0.4) is 0 Å². The molecule has 0 radical (unpaired) electrons. The van der Waals surface area contributed by atoms with E-state index in [9.17, 15) is 59.1 Å². The van der Waals surface area contributed by atoms with Crippen molar-refractivity contribution < 1.29 is 121 Å². The maximum atomic E-state index is 14.6. The lowest BCUT2D eigenvalue weighted by molar-refractivity contribution is -0.340. The van der Waals surface area contributed by atoms with Crippen LogP contribution in [0.1, 0.15) is 117 Å². The first kappa shape index (κ1) is 89.9. The number of ketones is 2. The Balaban J connectivity index is 1.31. The molecule has 1 saturated carbocycles. The van der Waals surface area contributed by atoms with Crippen molar-refractivity contribution in [3.05, 3.63) is 38.5 Å². The lowest BCUT2D eigenvalue weighted by Crippen LogP contribution is -2.66. The lowest BCUT2D eigenvalue weighted by atomic mass is 9.64. The van der Waals surface area contributed by atoms with Crippen LogP contribution in [0.4, 0.5) is 4.79 Å². The number of nitrogens with zero attached hydrogens (tertiary/aromatic N) is 1. The van der Waals surface area contributed by atoms with Crippen LogP contribution in [-0.4, -0.2) is 264 Å². The first-order valence-electron chi connectivity index (χ1n) is 34.9. The number of methoxy groups -OCH3 is 5. The molecule has 1 aromatic rings. The molecule has 1 aromatic carbocycles. The van der Waals surface area contributed by atoms with Crippen molar-refractivity contribution in [1.82, 2.24) is 21.0 Å². The van der Waals surface area contributed by atoms with E-state index in [0.29, 0.717) is 20.5 Å². The molecule has 5 aliphatic rings. The summed E-state index contributed by atoms with van der Waals surface area (Å²) < 4.78 is 73.8. The summed E-state index contributed by atoms with van der Waals surface area (Å²) in [5.41, 5.74) is 12.9. The molecule has 0 aromatic heterocycles. The number of rotatable bonds is 32. The molecule has 0 bridgehead atoms. The Labute approximate surface area is 644 Å². The molecule has 0 spiro atoms. The van der Waals surface area contributed by atoms with E-state index in [1.54, 1.807) is 72.3 Å². The Morgan fingerprint density at radius 2 is 1.53 bits per heavy atom. The van der Waals surface area contributed by atoms with Crippen LogP contribution < -0.4 is 41.8 Å². The van der Waals surface area contributed by atoms with Crippen molar-refractivity contribution in [2.45, 2.75) is 241 Å². The van der Waals surface area contributed by atoms with Crippen molar-refractivity contribution in [3.63, 3.8) is 0 Å². The number of primary amides is 1. The van der Waals surface area contributed by atoms with Gasteiger partial charge in [-0.2, -0.15) is 5.48 Å². The predicted molar refractivity (Wildman–Crippen MR) is 399 cm³/mol. The Bertz CT molecular complexity index is 3380. The number of hydroxylamine groups is 1. The molecule has 35 heteroatoms. The van der Waals surface area contributed by atoms with Gasteiger partial charge in [0.25, 0.3) is 0 Å². The SMILES string of the molecule is CC#C/C=C\C#C[C@H](OC1OC(C)C(NOC2CC(O)C(SC(=O)c3c(C)c(I)c(OC4OC(C)C(O)C(OC)C4O)c(OC)c3OC)C(C)O2)C(O)C1OC1CC(OC)C(N(CC)C(=O)CNC(=O)[C@H](C)CC(=O)[C@@H](N)CC(N)=O)CO1)C1/C(=C\CSSC(C)C)[C@](O)(C(C)C)CC(=O)C1NC(=O)OC. The van der Waals surface area contributed by atoms with Crippen LogP contribution in [0, 0.1) is 51.9 Å². The fourth-order valence-corrected chi connectivity index (χ4v) is 16.8. The maximum Gasteiger partial charge on any atom is 0.407 e. The van der Waals surface area contributed by atoms with Crippen molar-refractivity contribution in [3.8, 4) is 40.9 Å². The molecule has 5 fully saturated rings. The minimum atomic E-state index is -1.81. The van der Waals surface area contributed by atoms with Gasteiger partial charge in [0.1, 0.15) is 42.7 Å². The normalized spacial score (nSPS) is 31.7. The van der Waals surface area contributed by atoms with Gasteiger partial charge in [-0.1, -0.05) is 91.8 Å². The van der Waals surface area contributed by atoms with Crippen LogP contribution >= 0.6 is 55.9 Å². The number of alkyl carbamates (subject to hydrolysis) is 1. The number of Topliss-reactive ketones (excluding diaryl/α,β-unsaturated/α-hetero) is 2. The standard InChI is InChI=1S/C71H105IN6O25S3/c1-17-19-20-21-22-23-46(53-40(24-25-104-106-34(5)6)71(90,33(3)4)30-45(81)56(53)76-70(89)95-16)100-69-63(101-50-29-47(91-12)42(32-96-50)78(18-2)49(83)31-75-66(87)35(7)26-43(79)41(73)27-48(74)82)58(85)55(37(9)98-69)77-103-51-28-44(80)65(39(11)97-51)105-67(88)52-36(8)54(72)61(64(94-15)60(52)92-13)102-68-59(86)62(93-14)57(84)38(10)99-68/h20-21,24,33-35,37-39,41-42,44,46-47,50-51,53,55-59,62-63,65,68-69,77,80,84-86,90H,18,25-32,73H2,1-16H3,(H2,74,82)(H,75,87)(H,76,89)/b21-20-,40-24+/t35-,37?,38?,39?,41+,42?,44?,46+,47?,50?,51?,53?,55?,56?,57?,58?,59?,62?,63?,65?,68?,69?,71-/m1/s1.